The van der Waals surface area contributed by atoms with Crippen molar-refractivity contribution in [1.82, 2.24) is 8.75 Å². The fourth-order valence-electron chi connectivity index (χ4n) is 1.08. The molecular weight excluding hydrogens is 280 g/mol. The normalized spacial score (nSPS) is 10.2. The van der Waals surface area contributed by atoms with Gasteiger partial charge in [-0.15, -0.1) is 16.1 Å². The van der Waals surface area contributed by atoms with Gasteiger partial charge in [-0.05, 0) is 30.5 Å². The van der Waals surface area contributed by atoms with Crippen LogP contribution in [0.2, 0.25) is 5.15 Å². The molecule has 2 aromatic rings. The van der Waals surface area contributed by atoms with Gasteiger partial charge in [0.15, 0.2) is 5.15 Å². The van der Waals surface area contributed by atoms with E-state index in [0.29, 0.717) is 5.75 Å². The topological polar surface area (TPSA) is 52.1 Å². The Morgan fingerprint density at radius 1 is 1.29 bits per heavy atom. The molecule has 0 radical (unpaired) electrons. The molecule has 0 bridgehead atoms. The van der Waals surface area contributed by atoms with Crippen LogP contribution >= 0.6 is 35.1 Å². The zero-order valence-corrected chi connectivity index (χ0v) is 11.1. The van der Waals surface area contributed by atoms with Crippen LogP contribution in [-0.4, -0.2) is 15.0 Å². The van der Waals surface area contributed by atoms with Gasteiger partial charge in [-0.1, -0.05) is 11.6 Å². The van der Waals surface area contributed by atoms with Crippen molar-refractivity contribution in [2.75, 3.05) is 6.26 Å². The third kappa shape index (κ3) is 2.96. The number of thioether (sulfide) groups is 1. The summed E-state index contributed by atoms with van der Waals surface area (Å²) in [6, 6.07) is 7.34. The molecule has 88 valence electrons. The lowest BCUT2D eigenvalue weighted by Gasteiger charge is -2.03. The highest BCUT2D eigenvalue weighted by Crippen LogP contribution is 2.22. The van der Waals surface area contributed by atoms with Crippen molar-refractivity contribution in [3.8, 4) is 11.6 Å². The molecule has 17 heavy (non-hydrogen) atoms. The molecule has 0 amide bonds. The molecule has 0 saturated carbocycles. The fourth-order valence-corrected chi connectivity index (χ4v) is 2.06. The second kappa shape index (κ2) is 5.48. The molecule has 0 N–H and O–H groups in total. The summed E-state index contributed by atoms with van der Waals surface area (Å²) in [7, 11) is 0. The lowest BCUT2D eigenvalue weighted by Crippen LogP contribution is -2.07. The van der Waals surface area contributed by atoms with Crippen LogP contribution < -0.4 is 10.2 Å². The predicted molar refractivity (Wildman–Crippen MR) is 69.5 cm³/mol. The molecule has 0 aliphatic heterocycles. The molecule has 0 aliphatic carbocycles. The Morgan fingerprint density at radius 2 is 2.00 bits per heavy atom. The summed E-state index contributed by atoms with van der Waals surface area (Å²) in [5, 5.41) is -0.124. The summed E-state index contributed by atoms with van der Waals surface area (Å²) in [6.07, 6.45) is 1.98. The molecule has 7 heteroatoms. The van der Waals surface area contributed by atoms with E-state index in [4.69, 9.17) is 16.3 Å². The van der Waals surface area contributed by atoms with Crippen molar-refractivity contribution in [3.05, 3.63) is 39.6 Å². The summed E-state index contributed by atoms with van der Waals surface area (Å²) in [5.41, 5.74) is -0.501. The molecular formula is C10H7ClN2O2S2. The third-order valence-electron chi connectivity index (χ3n) is 1.90. The van der Waals surface area contributed by atoms with Gasteiger partial charge in [0, 0.05) is 4.90 Å². The third-order valence-corrected chi connectivity index (χ3v) is 3.51. The Bertz CT molecular complexity index is 571. The minimum Gasteiger partial charge on any atom is -0.435 e. The van der Waals surface area contributed by atoms with Gasteiger partial charge in [-0.2, -0.15) is 4.37 Å². The minimum atomic E-state index is -0.501. The number of ether oxygens (including phenoxy) is 1. The maximum atomic E-state index is 11.5. The van der Waals surface area contributed by atoms with Gasteiger partial charge in [0.1, 0.15) is 5.75 Å². The van der Waals surface area contributed by atoms with E-state index in [-0.39, 0.29) is 11.0 Å². The zero-order chi connectivity index (χ0) is 12.3. The van der Waals surface area contributed by atoms with Gasteiger partial charge in [0.25, 0.3) is 11.3 Å². The standard InChI is InChI=1S/C10H7ClN2O2S2/c1-16-7-4-2-6(3-5-7)15-10-8(14)9(11)12-17-13-10/h2-5H,1H3. The Kier molecular flexibility index (Phi) is 3.98. The van der Waals surface area contributed by atoms with E-state index in [2.05, 4.69) is 8.75 Å². The second-order valence-corrected chi connectivity index (χ2v) is 4.73. The highest BCUT2D eigenvalue weighted by molar-refractivity contribution is 7.98. The van der Waals surface area contributed by atoms with E-state index in [1.54, 1.807) is 23.9 Å². The largest absolute Gasteiger partial charge is 0.435 e. The van der Waals surface area contributed by atoms with Gasteiger partial charge < -0.3 is 4.74 Å². The molecule has 0 spiro atoms. The summed E-state index contributed by atoms with van der Waals surface area (Å²) in [4.78, 5) is 12.6. The molecule has 0 atom stereocenters. The maximum Gasteiger partial charge on any atom is 0.283 e. The first-order valence-corrected chi connectivity index (χ1v) is 6.88. The average Bonchev–Trinajstić information content (AvgIpc) is 2.36. The van der Waals surface area contributed by atoms with Crippen LogP contribution in [0.15, 0.2) is 34.0 Å². The van der Waals surface area contributed by atoms with Crippen molar-refractivity contribution in [1.29, 1.82) is 0 Å². The molecule has 0 fully saturated rings. The van der Waals surface area contributed by atoms with E-state index >= 15 is 0 Å². The van der Waals surface area contributed by atoms with Crippen LogP contribution in [0.25, 0.3) is 0 Å². The van der Waals surface area contributed by atoms with Gasteiger partial charge in [0.2, 0.25) is 0 Å². The Hall–Kier alpha value is -1.11. The molecule has 1 heterocycles. The molecule has 2 rings (SSSR count). The molecule has 4 nitrogen and oxygen atoms in total. The van der Waals surface area contributed by atoms with Crippen molar-refractivity contribution in [2.24, 2.45) is 0 Å². The summed E-state index contributed by atoms with van der Waals surface area (Å²) in [6.45, 7) is 0. The zero-order valence-electron chi connectivity index (χ0n) is 8.71. The quantitative estimate of drug-likeness (QED) is 0.812. The second-order valence-electron chi connectivity index (χ2n) is 2.97. The van der Waals surface area contributed by atoms with Crippen LogP contribution in [0.5, 0.6) is 11.6 Å². The van der Waals surface area contributed by atoms with E-state index in [1.165, 1.54) is 0 Å². The summed E-state index contributed by atoms with van der Waals surface area (Å²) in [5.74, 6) is 0.494. The summed E-state index contributed by atoms with van der Waals surface area (Å²) < 4.78 is 12.7. The lowest BCUT2D eigenvalue weighted by molar-refractivity contribution is 0.462. The van der Waals surface area contributed by atoms with E-state index in [9.17, 15) is 4.79 Å². The van der Waals surface area contributed by atoms with Crippen molar-refractivity contribution >= 4 is 35.1 Å². The summed E-state index contributed by atoms with van der Waals surface area (Å²) >= 11 is 8.05. The van der Waals surface area contributed by atoms with Crippen LogP contribution in [0, 0.1) is 0 Å². The van der Waals surface area contributed by atoms with Crippen LogP contribution in [-0.2, 0) is 0 Å². The number of halogens is 1. The molecule has 0 aliphatic rings. The highest BCUT2D eigenvalue weighted by atomic mass is 35.5. The first-order chi connectivity index (χ1) is 8.20. The highest BCUT2D eigenvalue weighted by Gasteiger charge is 2.08. The molecule has 1 aromatic carbocycles. The fraction of sp³-hybridized carbons (Fsp3) is 0.100. The Labute approximate surface area is 111 Å². The maximum absolute atomic E-state index is 11.5. The minimum absolute atomic E-state index is 0.0492. The first kappa shape index (κ1) is 12.3. The van der Waals surface area contributed by atoms with Gasteiger partial charge in [0.05, 0.1) is 11.7 Å². The van der Waals surface area contributed by atoms with Crippen LogP contribution in [0.1, 0.15) is 0 Å². The number of benzene rings is 1. The van der Waals surface area contributed by atoms with Crippen molar-refractivity contribution < 1.29 is 4.74 Å². The van der Waals surface area contributed by atoms with Crippen LogP contribution in [0.3, 0.4) is 0 Å². The average molecular weight is 287 g/mol. The smallest absolute Gasteiger partial charge is 0.283 e. The Balaban J connectivity index is 2.25. The number of hydrogen-bond donors (Lipinski definition) is 0. The monoisotopic (exact) mass is 286 g/mol. The first-order valence-electron chi connectivity index (χ1n) is 4.55. The van der Waals surface area contributed by atoms with Crippen LogP contribution in [0.4, 0.5) is 0 Å². The number of nitrogens with zero attached hydrogens (tertiary/aromatic N) is 2. The van der Waals surface area contributed by atoms with E-state index in [1.807, 2.05) is 18.4 Å². The van der Waals surface area contributed by atoms with Crippen molar-refractivity contribution in [3.63, 3.8) is 0 Å². The van der Waals surface area contributed by atoms with Gasteiger partial charge >= 0.3 is 0 Å². The lowest BCUT2D eigenvalue weighted by atomic mass is 10.3. The predicted octanol–water partition coefficient (Wildman–Crippen LogP) is 3.07. The van der Waals surface area contributed by atoms with E-state index in [0.717, 1.165) is 16.6 Å². The molecule has 0 unspecified atom stereocenters. The van der Waals surface area contributed by atoms with Gasteiger partial charge in [-0.3, -0.25) is 4.79 Å². The van der Waals surface area contributed by atoms with Crippen molar-refractivity contribution in [2.45, 2.75) is 4.90 Å². The van der Waals surface area contributed by atoms with Gasteiger partial charge in [-0.25, -0.2) is 0 Å². The van der Waals surface area contributed by atoms with E-state index < -0.39 is 5.43 Å². The number of rotatable bonds is 3. The number of hydrogen-bond acceptors (Lipinski definition) is 6. The SMILES string of the molecule is CSc1ccc(Oc2nsnc(Cl)c2=O)cc1. The Morgan fingerprint density at radius 3 is 2.65 bits per heavy atom. The number of aromatic nitrogens is 2. The molecule has 1 aromatic heterocycles. The molecule has 0 saturated heterocycles.